The molecule has 126 valence electrons. The zero-order valence-electron chi connectivity index (χ0n) is 14.4. The number of nitrogens with zero attached hydrogens (tertiary/aromatic N) is 4. The molecule has 0 aromatic carbocycles. The molecule has 0 aliphatic carbocycles. The number of rotatable bonds is 6. The van der Waals surface area contributed by atoms with E-state index < -0.39 is 0 Å². The smallest absolute Gasteiger partial charge is 0.316 e. The summed E-state index contributed by atoms with van der Waals surface area (Å²) in [6.45, 7) is 5.33. The van der Waals surface area contributed by atoms with E-state index in [1.807, 2.05) is 32.8 Å². The highest BCUT2D eigenvalue weighted by atomic mass is 16.5. The molecular weight excluding hydrogens is 294 g/mol. The molecule has 2 aromatic heterocycles. The summed E-state index contributed by atoms with van der Waals surface area (Å²) >= 11 is 0. The highest BCUT2D eigenvalue weighted by Crippen LogP contribution is 2.29. The van der Waals surface area contributed by atoms with E-state index in [9.17, 15) is 0 Å². The number of anilines is 1. The molecule has 0 atom stereocenters. The van der Waals surface area contributed by atoms with Gasteiger partial charge in [0.25, 0.3) is 0 Å². The average molecular weight is 319 g/mol. The number of ether oxygens (including phenoxy) is 2. The van der Waals surface area contributed by atoms with E-state index in [-0.39, 0.29) is 0 Å². The normalized spacial score (nSPS) is 10.0. The molecule has 0 radical (unpaired) electrons. The first-order valence-electron chi connectivity index (χ1n) is 7.49. The fraction of sp³-hybridized carbons (Fsp3) is 0.438. The molecule has 0 bridgehead atoms. The number of nitrogen functional groups attached to an aromatic ring is 1. The predicted molar refractivity (Wildman–Crippen MR) is 91.6 cm³/mol. The number of aromatic nitrogens is 3. The minimum Gasteiger partial charge on any atom is -0.476 e. The van der Waals surface area contributed by atoms with Gasteiger partial charge in [-0.25, -0.2) is 15.0 Å². The molecule has 0 unspecified atom stereocenters. The second kappa shape index (κ2) is 9.58. The zero-order valence-corrected chi connectivity index (χ0v) is 14.4. The molecule has 2 heterocycles. The number of methoxy groups -OCH3 is 1. The second-order valence-corrected chi connectivity index (χ2v) is 4.73. The maximum absolute atomic E-state index is 5.81. The SMILES string of the molecule is CC.COc1ncc(-c2cc(N)cnc2OCCN(C)C)cn1. The maximum Gasteiger partial charge on any atom is 0.316 e. The van der Waals surface area contributed by atoms with Crippen LogP contribution in [-0.4, -0.2) is 54.2 Å². The molecule has 0 aliphatic rings. The summed E-state index contributed by atoms with van der Waals surface area (Å²) in [4.78, 5) is 14.5. The fourth-order valence-electron chi connectivity index (χ4n) is 1.68. The van der Waals surface area contributed by atoms with E-state index in [1.54, 1.807) is 24.7 Å². The Labute approximate surface area is 137 Å². The van der Waals surface area contributed by atoms with Crippen LogP contribution in [0, 0.1) is 0 Å². The topological polar surface area (TPSA) is 86.4 Å². The van der Waals surface area contributed by atoms with Crippen LogP contribution in [0.15, 0.2) is 24.7 Å². The summed E-state index contributed by atoms with van der Waals surface area (Å²) in [6, 6.07) is 2.11. The van der Waals surface area contributed by atoms with Crippen LogP contribution in [0.4, 0.5) is 5.69 Å². The zero-order chi connectivity index (χ0) is 17.2. The monoisotopic (exact) mass is 319 g/mol. The average Bonchev–Trinajstić information content (AvgIpc) is 2.58. The van der Waals surface area contributed by atoms with Crippen molar-refractivity contribution in [2.75, 3.05) is 40.1 Å². The van der Waals surface area contributed by atoms with Crippen molar-refractivity contribution in [2.24, 2.45) is 0 Å². The van der Waals surface area contributed by atoms with Gasteiger partial charge in [-0.3, -0.25) is 0 Å². The Kier molecular flexibility index (Phi) is 7.76. The minimum atomic E-state index is 0.311. The van der Waals surface area contributed by atoms with Crippen molar-refractivity contribution in [3.8, 4) is 23.0 Å². The third-order valence-corrected chi connectivity index (χ3v) is 2.77. The fourth-order valence-corrected chi connectivity index (χ4v) is 1.68. The number of pyridine rings is 1. The second-order valence-electron chi connectivity index (χ2n) is 4.73. The van der Waals surface area contributed by atoms with Crippen LogP contribution in [0.25, 0.3) is 11.1 Å². The van der Waals surface area contributed by atoms with Gasteiger partial charge in [-0.15, -0.1) is 0 Å². The molecular formula is C16H25N5O2. The summed E-state index contributed by atoms with van der Waals surface area (Å²) < 4.78 is 10.7. The van der Waals surface area contributed by atoms with Crippen LogP contribution in [0.2, 0.25) is 0 Å². The third kappa shape index (κ3) is 5.71. The Morgan fingerprint density at radius 1 is 1.09 bits per heavy atom. The Balaban J connectivity index is 0.00000127. The standard InChI is InChI=1S/C14H19N5O2.C2H6/c1-19(2)4-5-21-13-12(6-11(15)9-16-13)10-7-17-14(20-3)18-8-10;1-2/h6-9H,4-5,15H2,1-3H3;1-2H3. The summed E-state index contributed by atoms with van der Waals surface area (Å²) in [5.74, 6) is 0.514. The largest absolute Gasteiger partial charge is 0.476 e. The molecule has 23 heavy (non-hydrogen) atoms. The lowest BCUT2D eigenvalue weighted by Crippen LogP contribution is -2.19. The Morgan fingerprint density at radius 3 is 2.30 bits per heavy atom. The van der Waals surface area contributed by atoms with E-state index in [4.69, 9.17) is 15.2 Å². The number of nitrogens with two attached hydrogens (primary N) is 1. The third-order valence-electron chi connectivity index (χ3n) is 2.77. The Bertz CT molecular complexity index is 588. The van der Waals surface area contributed by atoms with Crippen molar-refractivity contribution < 1.29 is 9.47 Å². The lowest BCUT2D eigenvalue weighted by atomic mass is 10.1. The van der Waals surface area contributed by atoms with Gasteiger partial charge in [-0.2, -0.15) is 0 Å². The first kappa shape index (κ1) is 18.6. The Hall–Kier alpha value is -2.41. The summed E-state index contributed by atoms with van der Waals surface area (Å²) in [5.41, 5.74) is 7.90. The quantitative estimate of drug-likeness (QED) is 0.872. The van der Waals surface area contributed by atoms with Crippen LogP contribution < -0.4 is 15.2 Å². The molecule has 2 N–H and O–H groups in total. The van der Waals surface area contributed by atoms with Gasteiger partial charge < -0.3 is 20.1 Å². The molecule has 0 saturated carbocycles. The minimum absolute atomic E-state index is 0.311. The maximum atomic E-state index is 5.81. The lowest BCUT2D eigenvalue weighted by molar-refractivity contribution is 0.255. The van der Waals surface area contributed by atoms with Gasteiger partial charge in [0.1, 0.15) is 6.61 Å². The molecule has 0 fully saturated rings. The van der Waals surface area contributed by atoms with Gasteiger partial charge in [0.2, 0.25) is 5.88 Å². The van der Waals surface area contributed by atoms with Gasteiger partial charge in [-0.05, 0) is 20.2 Å². The van der Waals surface area contributed by atoms with Crippen LogP contribution >= 0.6 is 0 Å². The van der Waals surface area contributed by atoms with Crippen molar-refractivity contribution in [3.05, 3.63) is 24.7 Å². The van der Waals surface area contributed by atoms with Crippen molar-refractivity contribution in [3.63, 3.8) is 0 Å². The first-order chi connectivity index (χ1) is 11.1. The van der Waals surface area contributed by atoms with Crippen molar-refractivity contribution in [2.45, 2.75) is 13.8 Å². The lowest BCUT2D eigenvalue weighted by Gasteiger charge is -2.13. The van der Waals surface area contributed by atoms with Crippen molar-refractivity contribution in [1.29, 1.82) is 0 Å². The highest BCUT2D eigenvalue weighted by Gasteiger charge is 2.10. The molecule has 0 aliphatic heterocycles. The van der Waals surface area contributed by atoms with E-state index in [1.165, 1.54) is 7.11 Å². The van der Waals surface area contributed by atoms with Gasteiger partial charge in [0.15, 0.2) is 0 Å². The Morgan fingerprint density at radius 2 is 1.74 bits per heavy atom. The van der Waals surface area contributed by atoms with E-state index in [0.717, 1.165) is 17.7 Å². The number of likely N-dealkylation sites (N-methyl/N-ethyl adjacent to an activating group) is 1. The number of hydrogen-bond acceptors (Lipinski definition) is 7. The van der Waals surface area contributed by atoms with Crippen molar-refractivity contribution in [1.82, 2.24) is 19.9 Å². The van der Waals surface area contributed by atoms with E-state index in [0.29, 0.717) is 24.2 Å². The summed E-state index contributed by atoms with van der Waals surface area (Å²) in [6.07, 6.45) is 4.88. The molecule has 0 saturated heterocycles. The first-order valence-corrected chi connectivity index (χ1v) is 7.49. The van der Waals surface area contributed by atoms with Crippen molar-refractivity contribution >= 4 is 5.69 Å². The van der Waals surface area contributed by atoms with Crippen LogP contribution in [0.5, 0.6) is 11.9 Å². The molecule has 2 aromatic rings. The molecule has 2 rings (SSSR count). The van der Waals surface area contributed by atoms with Crippen LogP contribution in [0.3, 0.4) is 0 Å². The molecule has 7 nitrogen and oxygen atoms in total. The summed E-state index contributed by atoms with van der Waals surface area (Å²) in [7, 11) is 5.49. The van der Waals surface area contributed by atoms with Gasteiger partial charge >= 0.3 is 6.01 Å². The molecule has 7 heteroatoms. The van der Waals surface area contributed by atoms with Crippen LogP contribution in [0.1, 0.15) is 13.8 Å². The highest BCUT2D eigenvalue weighted by molar-refractivity contribution is 5.70. The van der Waals surface area contributed by atoms with E-state index >= 15 is 0 Å². The number of hydrogen-bond donors (Lipinski definition) is 1. The van der Waals surface area contributed by atoms with Gasteiger partial charge in [-0.1, -0.05) is 13.8 Å². The predicted octanol–water partition coefficient (Wildman–Crippen LogP) is 2.10. The summed E-state index contributed by atoms with van der Waals surface area (Å²) in [5, 5.41) is 0. The van der Waals surface area contributed by atoms with Gasteiger partial charge in [0.05, 0.1) is 19.0 Å². The van der Waals surface area contributed by atoms with Gasteiger partial charge in [0, 0.05) is 30.1 Å². The molecule has 0 spiro atoms. The van der Waals surface area contributed by atoms with Crippen LogP contribution in [-0.2, 0) is 0 Å². The molecule has 0 amide bonds. The van der Waals surface area contributed by atoms with E-state index in [2.05, 4.69) is 15.0 Å².